The minimum absolute atomic E-state index is 0.0750. The van der Waals surface area contributed by atoms with Crippen LogP contribution in [0.25, 0.3) is 0 Å². The lowest BCUT2D eigenvalue weighted by atomic mass is 10.2. The molecule has 2 aromatic rings. The van der Waals surface area contributed by atoms with Crippen molar-refractivity contribution in [2.24, 2.45) is 5.10 Å². The van der Waals surface area contributed by atoms with Crippen molar-refractivity contribution < 1.29 is 14.3 Å². The van der Waals surface area contributed by atoms with Gasteiger partial charge >= 0.3 is 0 Å². The van der Waals surface area contributed by atoms with Crippen molar-refractivity contribution in [2.75, 3.05) is 6.54 Å². The van der Waals surface area contributed by atoms with Crippen LogP contribution in [0.4, 0.5) is 0 Å². The van der Waals surface area contributed by atoms with E-state index < -0.39 is 0 Å². The molecule has 0 atom stereocenters. The normalized spacial score (nSPS) is 10.9. The molecule has 8 heteroatoms. The summed E-state index contributed by atoms with van der Waals surface area (Å²) in [4.78, 5) is 23.8. The van der Waals surface area contributed by atoms with Crippen molar-refractivity contribution in [2.45, 2.75) is 26.4 Å². The second-order valence-corrected chi connectivity index (χ2v) is 6.98. The fourth-order valence-corrected chi connectivity index (χ4v) is 2.50. The molecule has 0 unspecified atom stereocenters. The molecule has 0 fully saturated rings. The molecule has 0 saturated carbocycles. The Morgan fingerprint density at radius 2 is 1.93 bits per heavy atom. The molecule has 0 aromatic heterocycles. The smallest absolute Gasteiger partial charge is 0.251 e. The van der Waals surface area contributed by atoms with E-state index in [4.69, 9.17) is 27.9 Å². The number of benzene rings is 2. The van der Waals surface area contributed by atoms with E-state index in [1.165, 1.54) is 12.3 Å². The van der Waals surface area contributed by atoms with E-state index >= 15 is 0 Å². The van der Waals surface area contributed by atoms with Gasteiger partial charge in [0.1, 0.15) is 5.75 Å². The van der Waals surface area contributed by atoms with Crippen LogP contribution in [0, 0.1) is 0 Å². The van der Waals surface area contributed by atoms with Crippen LogP contribution in [0.15, 0.2) is 47.6 Å². The van der Waals surface area contributed by atoms with Crippen LogP contribution in [0.5, 0.6) is 5.75 Å². The van der Waals surface area contributed by atoms with Gasteiger partial charge in [-0.15, -0.1) is 0 Å². The average Bonchev–Trinajstić information content (AvgIpc) is 2.63. The first-order valence-corrected chi connectivity index (χ1v) is 9.42. The molecule has 0 bridgehead atoms. The zero-order valence-corrected chi connectivity index (χ0v) is 17.1. The molecule has 148 valence electrons. The summed E-state index contributed by atoms with van der Waals surface area (Å²) in [6, 6.07) is 12.0. The van der Waals surface area contributed by atoms with Gasteiger partial charge < -0.3 is 10.1 Å². The zero-order valence-electron chi connectivity index (χ0n) is 15.5. The third-order valence-corrected chi connectivity index (χ3v) is 4.19. The van der Waals surface area contributed by atoms with Crippen molar-refractivity contribution in [3.05, 3.63) is 63.6 Å². The predicted octanol–water partition coefficient (Wildman–Crippen LogP) is 4.05. The van der Waals surface area contributed by atoms with E-state index in [1.807, 2.05) is 38.1 Å². The Bertz CT molecular complexity index is 870. The van der Waals surface area contributed by atoms with Crippen LogP contribution in [0.3, 0.4) is 0 Å². The summed E-state index contributed by atoms with van der Waals surface area (Å²) in [6.45, 7) is 4.06. The zero-order chi connectivity index (χ0) is 20.5. The summed E-state index contributed by atoms with van der Waals surface area (Å²) < 4.78 is 5.60. The van der Waals surface area contributed by atoms with Crippen LogP contribution in [0.1, 0.15) is 36.2 Å². The van der Waals surface area contributed by atoms with Crippen LogP contribution in [0.2, 0.25) is 10.0 Å². The predicted molar refractivity (Wildman–Crippen MR) is 111 cm³/mol. The standard InChI is InChI=1S/C20H21Cl2N3O3/c1-13(2)28-16-5-3-4-14(10-16)12-24-25-19(26)8-9-23-20(27)15-6-7-17(21)18(22)11-15/h3-7,10-13H,8-9H2,1-2H3,(H,23,27)(H,25,26). The van der Waals surface area contributed by atoms with E-state index in [0.717, 1.165) is 11.3 Å². The average molecular weight is 422 g/mol. The highest BCUT2D eigenvalue weighted by Gasteiger charge is 2.08. The third kappa shape index (κ3) is 7.21. The van der Waals surface area contributed by atoms with Gasteiger partial charge in [-0.3, -0.25) is 9.59 Å². The number of carbonyl (C=O) groups excluding carboxylic acids is 2. The lowest BCUT2D eigenvalue weighted by Gasteiger charge is -2.09. The molecule has 2 aromatic carbocycles. The van der Waals surface area contributed by atoms with Gasteiger partial charge in [0.25, 0.3) is 5.91 Å². The Labute approximate surface area is 173 Å². The molecule has 2 amide bonds. The van der Waals surface area contributed by atoms with Gasteiger partial charge in [0.15, 0.2) is 0 Å². The Balaban J connectivity index is 1.76. The van der Waals surface area contributed by atoms with E-state index in [9.17, 15) is 9.59 Å². The summed E-state index contributed by atoms with van der Waals surface area (Å²) >= 11 is 11.7. The van der Waals surface area contributed by atoms with Crippen molar-refractivity contribution in [1.82, 2.24) is 10.7 Å². The first-order valence-electron chi connectivity index (χ1n) is 8.67. The monoisotopic (exact) mass is 421 g/mol. The lowest BCUT2D eigenvalue weighted by molar-refractivity contribution is -0.120. The second-order valence-electron chi connectivity index (χ2n) is 6.17. The van der Waals surface area contributed by atoms with Gasteiger partial charge in [0.05, 0.1) is 22.4 Å². The van der Waals surface area contributed by atoms with E-state index in [1.54, 1.807) is 12.1 Å². The fraction of sp³-hybridized carbons (Fsp3) is 0.250. The van der Waals surface area contributed by atoms with E-state index in [0.29, 0.717) is 15.6 Å². The molecule has 0 saturated heterocycles. The molecular formula is C20H21Cl2N3O3. The summed E-state index contributed by atoms with van der Waals surface area (Å²) in [5, 5.41) is 7.22. The molecule has 2 N–H and O–H groups in total. The number of carbonyl (C=O) groups is 2. The topological polar surface area (TPSA) is 79.8 Å². The van der Waals surface area contributed by atoms with Crippen LogP contribution in [-0.4, -0.2) is 30.7 Å². The highest BCUT2D eigenvalue weighted by Crippen LogP contribution is 2.22. The van der Waals surface area contributed by atoms with Gasteiger partial charge in [0, 0.05) is 18.5 Å². The highest BCUT2D eigenvalue weighted by molar-refractivity contribution is 6.42. The molecule has 0 aliphatic rings. The number of hydrazone groups is 1. The summed E-state index contributed by atoms with van der Waals surface area (Å²) in [5.74, 6) is 0.0763. The first kappa shape index (κ1) is 21.7. The minimum Gasteiger partial charge on any atom is -0.491 e. The molecule has 0 aliphatic carbocycles. The first-order chi connectivity index (χ1) is 13.3. The van der Waals surface area contributed by atoms with Gasteiger partial charge in [-0.2, -0.15) is 5.10 Å². The Morgan fingerprint density at radius 1 is 1.14 bits per heavy atom. The van der Waals surface area contributed by atoms with Gasteiger partial charge in [-0.05, 0) is 49.7 Å². The quantitative estimate of drug-likeness (QED) is 0.498. The SMILES string of the molecule is CC(C)Oc1cccc(C=NNC(=O)CCNC(=O)c2ccc(Cl)c(Cl)c2)c1. The van der Waals surface area contributed by atoms with Crippen molar-refractivity contribution in [1.29, 1.82) is 0 Å². The number of nitrogens with one attached hydrogen (secondary N) is 2. The number of halogens is 2. The maximum atomic E-state index is 12.0. The van der Waals surface area contributed by atoms with Crippen molar-refractivity contribution in [3.8, 4) is 5.75 Å². The molecule has 0 aliphatic heterocycles. The molecule has 28 heavy (non-hydrogen) atoms. The van der Waals surface area contributed by atoms with Gasteiger partial charge in [-0.25, -0.2) is 5.43 Å². The Kier molecular flexibility index (Phi) is 8.29. The van der Waals surface area contributed by atoms with E-state index in [2.05, 4.69) is 15.8 Å². The summed E-state index contributed by atoms with van der Waals surface area (Å²) in [6.07, 6.45) is 1.69. The molecule has 0 heterocycles. The molecular weight excluding hydrogens is 401 g/mol. The molecule has 0 spiro atoms. The minimum atomic E-state index is -0.336. The number of rotatable bonds is 8. The van der Waals surface area contributed by atoms with E-state index in [-0.39, 0.29) is 30.9 Å². The van der Waals surface area contributed by atoms with Crippen LogP contribution < -0.4 is 15.5 Å². The maximum Gasteiger partial charge on any atom is 0.251 e. The fourth-order valence-electron chi connectivity index (χ4n) is 2.20. The molecule has 6 nitrogen and oxygen atoms in total. The van der Waals surface area contributed by atoms with Crippen LogP contribution >= 0.6 is 23.2 Å². The second kappa shape index (κ2) is 10.7. The summed E-state index contributed by atoms with van der Waals surface area (Å²) in [5.41, 5.74) is 3.59. The Morgan fingerprint density at radius 3 is 2.64 bits per heavy atom. The Hall–Kier alpha value is -2.57. The number of nitrogens with zero attached hydrogens (tertiary/aromatic N) is 1. The number of amides is 2. The lowest BCUT2D eigenvalue weighted by Crippen LogP contribution is -2.29. The number of hydrogen-bond acceptors (Lipinski definition) is 4. The van der Waals surface area contributed by atoms with Crippen molar-refractivity contribution >= 4 is 41.2 Å². The maximum absolute atomic E-state index is 12.0. The molecule has 2 rings (SSSR count). The van der Waals surface area contributed by atoms with Crippen LogP contribution in [-0.2, 0) is 4.79 Å². The van der Waals surface area contributed by atoms with Gasteiger partial charge in [-0.1, -0.05) is 35.3 Å². The largest absolute Gasteiger partial charge is 0.491 e. The van der Waals surface area contributed by atoms with Crippen molar-refractivity contribution in [3.63, 3.8) is 0 Å². The molecule has 0 radical (unpaired) electrons. The summed E-state index contributed by atoms with van der Waals surface area (Å²) in [7, 11) is 0. The number of ether oxygens (including phenoxy) is 1. The highest BCUT2D eigenvalue weighted by atomic mass is 35.5. The third-order valence-electron chi connectivity index (χ3n) is 3.45. The van der Waals surface area contributed by atoms with Gasteiger partial charge in [0.2, 0.25) is 5.91 Å². The number of hydrogen-bond donors (Lipinski definition) is 2.